The van der Waals surface area contributed by atoms with Crippen molar-refractivity contribution in [3.05, 3.63) is 71.0 Å². The van der Waals surface area contributed by atoms with Crippen LogP contribution >= 0.6 is 11.6 Å². The Balaban J connectivity index is 0.000000429. The second-order valence-corrected chi connectivity index (χ2v) is 8.90. The van der Waals surface area contributed by atoms with E-state index in [2.05, 4.69) is 41.3 Å². The number of amides is 1. The molecule has 1 amide bonds. The van der Waals surface area contributed by atoms with Gasteiger partial charge < -0.3 is 14.9 Å². The number of benzene rings is 1. The van der Waals surface area contributed by atoms with Crippen LogP contribution in [0.2, 0.25) is 5.02 Å². The van der Waals surface area contributed by atoms with E-state index in [1.165, 1.54) is 5.56 Å². The average molecular weight is 511 g/mol. The Kier molecular flexibility index (Phi) is 8.74. The number of alkyl halides is 3. The van der Waals surface area contributed by atoms with Crippen molar-refractivity contribution in [3.63, 3.8) is 0 Å². The molecule has 0 radical (unpaired) electrons. The zero-order valence-corrected chi connectivity index (χ0v) is 19.8. The average Bonchev–Trinajstić information content (AvgIpc) is 3.23. The maximum Gasteiger partial charge on any atom is 0.490 e. The van der Waals surface area contributed by atoms with Crippen LogP contribution < -0.4 is 0 Å². The van der Waals surface area contributed by atoms with E-state index in [0.717, 1.165) is 44.5 Å². The quantitative estimate of drug-likeness (QED) is 0.542. The molecule has 4 rings (SSSR count). The molecule has 1 N–H and O–H groups in total. The number of carboxylic acid groups (broad SMARTS) is 1. The summed E-state index contributed by atoms with van der Waals surface area (Å²) in [6, 6.07) is 16.0. The maximum atomic E-state index is 12.8. The van der Waals surface area contributed by atoms with Gasteiger partial charge in [-0.3, -0.25) is 4.79 Å². The van der Waals surface area contributed by atoms with E-state index in [9.17, 15) is 18.0 Å². The van der Waals surface area contributed by atoms with E-state index in [1.54, 1.807) is 16.8 Å². The monoisotopic (exact) mass is 510 g/mol. The van der Waals surface area contributed by atoms with Crippen LogP contribution in [0.5, 0.6) is 0 Å². The number of rotatable bonds is 5. The van der Waals surface area contributed by atoms with Crippen molar-refractivity contribution in [2.45, 2.75) is 25.6 Å². The van der Waals surface area contributed by atoms with Crippen LogP contribution in [0.1, 0.15) is 28.9 Å². The highest BCUT2D eigenvalue weighted by Gasteiger charge is 2.38. The smallest absolute Gasteiger partial charge is 0.475 e. The van der Waals surface area contributed by atoms with Gasteiger partial charge in [0.1, 0.15) is 0 Å². The molecule has 1 aromatic carbocycles. The number of pyridine rings is 1. The number of hydrogen-bond donors (Lipinski definition) is 1. The number of likely N-dealkylation sites (tertiary alicyclic amines) is 1. The Labute approximate surface area is 205 Å². The van der Waals surface area contributed by atoms with Crippen molar-refractivity contribution < 1.29 is 27.9 Å². The Morgan fingerprint density at radius 3 is 2.37 bits per heavy atom. The molecule has 1 aliphatic heterocycles. The van der Waals surface area contributed by atoms with Crippen molar-refractivity contribution in [1.82, 2.24) is 19.4 Å². The van der Waals surface area contributed by atoms with Gasteiger partial charge in [0.15, 0.2) is 5.69 Å². The lowest BCUT2D eigenvalue weighted by Crippen LogP contribution is -2.41. The molecule has 0 atom stereocenters. The number of hydrogen-bond acceptors (Lipinski definition) is 4. The third-order valence-electron chi connectivity index (χ3n) is 5.65. The number of carbonyl (C=O) groups is 2. The second-order valence-electron chi connectivity index (χ2n) is 8.46. The second kappa shape index (κ2) is 11.5. The highest BCUT2D eigenvalue weighted by Crippen LogP contribution is 2.21. The summed E-state index contributed by atoms with van der Waals surface area (Å²) in [7, 11) is 2.17. The lowest BCUT2D eigenvalue weighted by molar-refractivity contribution is -0.192. The maximum absolute atomic E-state index is 12.8. The van der Waals surface area contributed by atoms with Crippen LogP contribution in [0.4, 0.5) is 13.2 Å². The summed E-state index contributed by atoms with van der Waals surface area (Å²) >= 11 is 6.02. The zero-order chi connectivity index (χ0) is 25.6. The van der Waals surface area contributed by atoms with Gasteiger partial charge in [0.05, 0.1) is 5.52 Å². The van der Waals surface area contributed by atoms with Gasteiger partial charge in [-0.2, -0.15) is 18.3 Å². The molecule has 0 aliphatic carbocycles. The number of aromatic nitrogens is 2. The summed E-state index contributed by atoms with van der Waals surface area (Å²) < 4.78 is 33.4. The minimum Gasteiger partial charge on any atom is -0.475 e. The molecule has 1 fully saturated rings. The van der Waals surface area contributed by atoms with Crippen LogP contribution in [0.3, 0.4) is 0 Å². The minimum absolute atomic E-state index is 0.0101. The molecular weight excluding hydrogens is 485 g/mol. The van der Waals surface area contributed by atoms with Crippen LogP contribution in [-0.4, -0.2) is 69.3 Å². The molecule has 188 valence electrons. The van der Waals surface area contributed by atoms with E-state index in [-0.39, 0.29) is 5.91 Å². The summed E-state index contributed by atoms with van der Waals surface area (Å²) in [5, 5.41) is 12.2. The summed E-state index contributed by atoms with van der Waals surface area (Å²) in [6.45, 7) is 3.60. The zero-order valence-electron chi connectivity index (χ0n) is 19.1. The summed E-state index contributed by atoms with van der Waals surface area (Å²) in [5.41, 5.74) is 2.67. The summed E-state index contributed by atoms with van der Waals surface area (Å²) in [4.78, 5) is 26.0. The minimum atomic E-state index is -5.08. The highest BCUT2D eigenvalue weighted by molar-refractivity contribution is 6.30. The van der Waals surface area contributed by atoms with Gasteiger partial charge in [0.2, 0.25) is 0 Å². The first-order chi connectivity index (χ1) is 16.5. The lowest BCUT2D eigenvalue weighted by Gasteiger charge is -2.33. The first kappa shape index (κ1) is 26.5. The Morgan fingerprint density at radius 1 is 1.14 bits per heavy atom. The van der Waals surface area contributed by atoms with Crippen molar-refractivity contribution in [3.8, 4) is 0 Å². The van der Waals surface area contributed by atoms with Crippen molar-refractivity contribution in [2.75, 3.05) is 26.7 Å². The third kappa shape index (κ3) is 7.69. The van der Waals surface area contributed by atoms with Crippen LogP contribution in [0.25, 0.3) is 5.52 Å². The van der Waals surface area contributed by atoms with Crippen LogP contribution in [0.15, 0.2) is 54.7 Å². The van der Waals surface area contributed by atoms with Crippen molar-refractivity contribution in [1.29, 1.82) is 0 Å². The fourth-order valence-corrected chi connectivity index (χ4v) is 4.12. The predicted octanol–water partition coefficient (Wildman–Crippen LogP) is 4.61. The summed E-state index contributed by atoms with van der Waals surface area (Å²) in [6.07, 6.45) is -1.24. The molecule has 7 nitrogen and oxygen atoms in total. The van der Waals surface area contributed by atoms with Crippen LogP contribution in [0, 0.1) is 5.92 Å². The van der Waals surface area contributed by atoms with Gasteiger partial charge in [-0.15, -0.1) is 0 Å². The van der Waals surface area contributed by atoms with E-state index < -0.39 is 12.1 Å². The highest BCUT2D eigenvalue weighted by atomic mass is 35.5. The molecule has 2 aromatic heterocycles. The molecule has 1 aliphatic rings. The number of nitrogens with zero attached hydrogens (tertiary/aromatic N) is 4. The first-order valence-electron chi connectivity index (χ1n) is 11.0. The molecule has 0 bridgehead atoms. The van der Waals surface area contributed by atoms with Crippen LogP contribution in [-0.2, 0) is 11.3 Å². The van der Waals surface area contributed by atoms with Gasteiger partial charge in [0, 0.05) is 37.4 Å². The largest absolute Gasteiger partial charge is 0.490 e. The van der Waals surface area contributed by atoms with Gasteiger partial charge in [-0.05, 0) is 49.6 Å². The van der Waals surface area contributed by atoms with E-state index in [0.29, 0.717) is 16.6 Å². The van der Waals surface area contributed by atoms with Gasteiger partial charge in [-0.1, -0.05) is 41.9 Å². The van der Waals surface area contributed by atoms with Gasteiger partial charge >= 0.3 is 12.1 Å². The fraction of sp³-hybridized carbons (Fsp3) is 0.375. The Bertz CT molecular complexity index is 1150. The number of carbonyl (C=O) groups excluding carboxylic acids is 1. The third-order valence-corrected chi connectivity index (χ3v) is 5.89. The number of carboxylic acids is 1. The topological polar surface area (TPSA) is 78.2 Å². The van der Waals surface area contributed by atoms with E-state index >= 15 is 0 Å². The Hall–Kier alpha value is -3.11. The van der Waals surface area contributed by atoms with E-state index in [1.807, 2.05) is 23.1 Å². The predicted molar refractivity (Wildman–Crippen MR) is 125 cm³/mol. The standard InChI is InChI=1S/C22H25ClN4O.C2HF3O2/c1-25(15-17-5-3-2-4-6-17)16-18-7-10-26(11-8-18)22(28)21-14-20-13-19(23)9-12-27(20)24-21;3-2(4,5)1(6)7/h2-6,9,12-14,18H,7-8,10-11,15-16H2,1H3;(H,6,7). The molecule has 0 unspecified atom stereocenters. The fourth-order valence-electron chi connectivity index (χ4n) is 3.95. The lowest BCUT2D eigenvalue weighted by atomic mass is 9.96. The number of fused-ring (bicyclic) bond motifs is 1. The molecule has 3 heterocycles. The SMILES string of the molecule is CN(Cc1ccccc1)CC1CCN(C(=O)c2cc3cc(Cl)ccn3n2)CC1.O=C(O)C(F)(F)F. The summed E-state index contributed by atoms with van der Waals surface area (Å²) in [5.74, 6) is -2.12. The molecule has 35 heavy (non-hydrogen) atoms. The van der Waals surface area contributed by atoms with Crippen molar-refractivity contribution in [2.24, 2.45) is 5.92 Å². The van der Waals surface area contributed by atoms with Gasteiger partial charge in [-0.25, -0.2) is 9.31 Å². The molecule has 0 spiro atoms. The number of piperidine rings is 1. The first-order valence-corrected chi connectivity index (χ1v) is 11.4. The van der Waals surface area contributed by atoms with Crippen molar-refractivity contribution >= 4 is 29.0 Å². The van der Waals surface area contributed by atoms with Gasteiger partial charge in [0.25, 0.3) is 5.91 Å². The number of halogens is 4. The molecular formula is C24H26ClF3N4O3. The number of aliphatic carboxylic acids is 1. The molecule has 11 heteroatoms. The normalized spacial score (nSPS) is 14.6. The molecule has 0 saturated carbocycles. The Morgan fingerprint density at radius 2 is 1.77 bits per heavy atom. The molecule has 3 aromatic rings. The molecule has 1 saturated heterocycles. The van der Waals surface area contributed by atoms with E-state index in [4.69, 9.17) is 21.5 Å².